The first-order valence-electron chi connectivity index (χ1n) is 3.57. The van der Waals surface area contributed by atoms with E-state index in [9.17, 15) is 0 Å². The number of H-pyrrole nitrogens is 1. The molecule has 62 valence electrons. The fraction of sp³-hybridized carbons (Fsp3) is 0.125. The Kier molecular flexibility index (Phi) is 1.93. The zero-order chi connectivity index (χ0) is 8.39. The SMILES string of the molecule is OCc1cc(-c2cn[nH]c2)cs1. The van der Waals surface area contributed by atoms with Crippen molar-refractivity contribution >= 4 is 11.3 Å². The van der Waals surface area contributed by atoms with Gasteiger partial charge < -0.3 is 5.11 Å². The Balaban J connectivity index is 2.35. The maximum Gasteiger partial charge on any atom is 0.0774 e. The molecule has 2 aromatic heterocycles. The Morgan fingerprint density at radius 3 is 3.00 bits per heavy atom. The van der Waals surface area contributed by atoms with Crippen molar-refractivity contribution in [3.8, 4) is 11.1 Å². The molecule has 0 aliphatic carbocycles. The van der Waals surface area contributed by atoms with Crippen molar-refractivity contribution in [3.63, 3.8) is 0 Å². The van der Waals surface area contributed by atoms with Crippen LogP contribution in [0.25, 0.3) is 11.1 Å². The monoisotopic (exact) mass is 180 g/mol. The predicted octanol–water partition coefficient (Wildman–Crippen LogP) is 1.63. The summed E-state index contributed by atoms with van der Waals surface area (Å²) in [7, 11) is 0. The van der Waals surface area contributed by atoms with Crippen molar-refractivity contribution in [2.75, 3.05) is 0 Å². The Morgan fingerprint density at radius 2 is 2.42 bits per heavy atom. The molecule has 4 heteroatoms. The smallest absolute Gasteiger partial charge is 0.0774 e. The minimum absolute atomic E-state index is 0.114. The van der Waals surface area contributed by atoms with Gasteiger partial charge in [-0.05, 0) is 17.0 Å². The van der Waals surface area contributed by atoms with Crippen LogP contribution >= 0.6 is 11.3 Å². The molecule has 2 N–H and O–H groups in total. The zero-order valence-electron chi connectivity index (χ0n) is 6.32. The van der Waals surface area contributed by atoms with E-state index in [0.29, 0.717) is 0 Å². The summed E-state index contributed by atoms with van der Waals surface area (Å²) in [5, 5.41) is 17.4. The molecular weight excluding hydrogens is 172 g/mol. The van der Waals surface area contributed by atoms with E-state index in [2.05, 4.69) is 10.2 Å². The lowest BCUT2D eigenvalue weighted by Gasteiger charge is -1.86. The van der Waals surface area contributed by atoms with E-state index in [4.69, 9.17) is 5.11 Å². The summed E-state index contributed by atoms with van der Waals surface area (Å²) in [6, 6.07) is 1.97. The van der Waals surface area contributed by atoms with Crippen LogP contribution in [0.2, 0.25) is 0 Å². The first-order valence-corrected chi connectivity index (χ1v) is 4.45. The fourth-order valence-corrected chi connectivity index (χ4v) is 1.78. The average molecular weight is 180 g/mol. The number of thiophene rings is 1. The molecule has 0 amide bonds. The third kappa shape index (κ3) is 1.26. The minimum atomic E-state index is 0.114. The normalized spacial score (nSPS) is 10.4. The summed E-state index contributed by atoms with van der Waals surface area (Å²) < 4.78 is 0. The average Bonchev–Trinajstić information content (AvgIpc) is 2.75. The lowest BCUT2D eigenvalue weighted by molar-refractivity contribution is 0.285. The van der Waals surface area contributed by atoms with E-state index < -0.39 is 0 Å². The molecule has 0 aliphatic heterocycles. The number of hydrogen-bond acceptors (Lipinski definition) is 3. The van der Waals surface area contributed by atoms with Gasteiger partial charge in [0.15, 0.2) is 0 Å². The summed E-state index contributed by atoms with van der Waals surface area (Å²) in [6.45, 7) is 0.114. The molecule has 0 radical (unpaired) electrons. The molecule has 0 saturated heterocycles. The molecule has 0 atom stereocenters. The number of rotatable bonds is 2. The van der Waals surface area contributed by atoms with Crippen LogP contribution in [0.5, 0.6) is 0 Å². The highest BCUT2D eigenvalue weighted by atomic mass is 32.1. The minimum Gasteiger partial charge on any atom is -0.391 e. The second-order valence-corrected chi connectivity index (χ2v) is 3.44. The molecule has 0 saturated carbocycles. The van der Waals surface area contributed by atoms with Crippen LogP contribution in [0.4, 0.5) is 0 Å². The van der Waals surface area contributed by atoms with Gasteiger partial charge in [0.2, 0.25) is 0 Å². The van der Waals surface area contributed by atoms with Crippen molar-refractivity contribution < 1.29 is 5.11 Å². The summed E-state index contributed by atoms with van der Waals surface area (Å²) in [4.78, 5) is 0.978. The van der Waals surface area contributed by atoms with Crippen LogP contribution < -0.4 is 0 Å². The van der Waals surface area contributed by atoms with Crippen LogP contribution in [0.3, 0.4) is 0 Å². The van der Waals surface area contributed by atoms with Gasteiger partial charge in [0.05, 0.1) is 12.8 Å². The Labute approximate surface area is 73.7 Å². The summed E-state index contributed by atoms with van der Waals surface area (Å²) in [6.07, 6.45) is 3.60. The van der Waals surface area contributed by atoms with Gasteiger partial charge in [-0.25, -0.2) is 0 Å². The second kappa shape index (κ2) is 3.08. The zero-order valence-corrected chi connectivity index (χ0v) is 7.14. The van der Waals surface area contributed by atoms with Gasteiger partial charge in [-0.3, -0.25) is 5.10 Å². The highest BCUT2D eigenvalue weighted by Gasteiger charge is 2.01. The van der Waals surface area contributed by atoms with Gasteiger partial charge in [-0.2, -0.15) is 5.10 Å². The van der Waals surface area contributed by atoms with Crippen LogP contribution in [0.15, 0.2) is 23.8 Å². The largest absolute Gasteiger partial charge is 0.391 e. The maximum absolute atomic E-state index is 8.84. The van der Waals surface area contributed by atoms with E-state index in [1.807, 2.05) is 17.6 Å². The summed E-state index contributed by atoms with van der Waals surface area (Å²) in [5.41, 5.74) is 2.17. The summed E-state index contributed by atoms with van der Waals surface area (Å²) in [5.74, 6) is 0. The second-order valence-electron chi connectivity index (χ2n) is 2.45. The van der Waals surface area contributed by atoms with Crippen molar-refractivity contribution in [1.82, 2.24) is 10.2 Å². The molecular formula is C8H8N2OS. The van der Waals surface area contributed by atoms with Gasteiger partial charge in [0, 0.05) is 16.6 Å². The van der Waals surface area contributed by atoms with Crippen molar-refractivity contribution in [2.24, 2.45) is 0 Å². The first kappa shape index (κ1) is 7.52. The molecule has 12 heavy (non-hydrogen) atoms. The molecule has 2 heterocycles. The van der Waals surface area contributed by atoms with Gasteiger partial charge in [-0.1, -0.05) is 0 Å². The van der Waals surface area contributed by atoms with Crippen molar-refractivity contribution in [2.45, 2.75) is 6.61 Å². The third-order valence-corrected chi connectivity index (χ3v) is 2.56. The highest BCUT2D eigenvalue weighted by molar-refractivity contribution is 7.10. The molecule has 2 aromatic rings. The van der Waals surface area contributed by atoms with Crippen molar-refractivity contribution in [1.29, 1.82) is 0 Å². The molecule has 0 fully saturated rings. The standard InChI is InChI=1S/C8H8N2OS/c11-4-8-1-6(5-12-8)7-2-9-10-3-7/h1-3,5,11H,4H2,(H,9,10). The molecule has 0 aromatic carbocycles. The Bertz CT molecular complexity index is 353. The lowest BCUT2D eigenvalue weighted by atomic mass is 10.2. The van der Waals surface area contributed by atoms with E-state index >= 15 is 0 Å². The lowest BCUT2D eigenvalue weighted by Crippen LogP contribution is -1.72. The van der Waals surface area contributed by atoms with Gasteiger partial charge in [0.1, 0.15) is 0 Å². The molecule has 0 spiro atoms. The Morgan fingerprint density at radius 1 is 1.50 bits per heavy atom. The van der Waals surface area contributed by atoms with E-state index in [-0.39, 0.29) is 6.61 Å². The number of nitrogens with one attached hydrogen (secondary N) is 1. The molecule has 2 rings (SSSR count). The summed E-state index contributed by atoms with van der Waals surface area (Å²) >= 11 is 1.56. The van der Waals surface area contributed by atoms with E-state index in [1.165, 1.54) is 0 Å². The highest BCUT2D eigenvalue weighted by Crippen LogP contribution is 2.24. The van der Waals surface area contributed by atoms with E-state index in [0.717, 1.165) is 16.0 Å². The van der Waals surface area contributed by atoms with Crippen molar-refractivity contribution in [3.05, 3.63) is 28.7 Å². The van der Waals surface area contributed by atoms with Gasteiger partial charge in [-0.15, -0.1) is 11.3 Å². The fourth-order valence-electron chi connectivity index (χ4n) is 1.02. The maximum atomic E-state index is 8.84. The predicted molar refractivity (Wildman–Crippen MR) is 47.8 cm³/mol. The topological polar surface area (TPSA) is 48.9 Å². The third-order valence-electron chi connectivity index (χ3n) is 1.64. The van der Waals surface area contributed by atoms with Crippen LogP contribution in [0.1, 0.15) is 4.88 Å². The number of nitrogens with zero attached hydrogens (tertiary/aromatic N) is 1. The van der Waals surface area contributed by atoms with Gasteiger partial charge in [0.25, 0.3) is 0 Å². The number of aromatic amines is 1. The molecule has 3 nitrogen and oxygen atoms in total. The number of hydrogen-bond donors (Lipinski definition) is 2. The molecule has 0 aliphatic rings. The van der Waals surface area contributed by atoms with Crippen LogP contribution in [0, 0.1) is 0 Å². The molecule has 0 unspecified atom stereocenters. The van der Waals surface area contributed by atoms with Crippen LogP contribution in [-0.2, 0) is 6.61 Å². The quantitative estimate of drug-likeness (QED) is 0.738. The Hall–Kier alpha value is -1.13. The number of aliphatic hydroxyl groups is 1. The first-order chi connectivity index (χ1) is 5.90. The van der Waals surface area contributed by atoms with E-state index in [1.54, 1.807) is 17.5 Å². The van der Waals surface area contributed by atoms with Gasteiger partial charge >= 0.3 is 0 Å². The van der Waals surface area contributed by atoms with Crippen LogP contribution in [-0.4, -0.2) is 15.3 Å². The number of aliphatic hydroxyl groups excluding tert-OH is 1. The number of aromatic nitrogens is 2. The molecule has 0 bridgehead atoms.